The van der Waals surface area contributed by atoms with Gasteiger partial charge in [0.15, 0.2) is 0 Å². The number of amidine groups is 1. The van der Waals surface area contributed by atoms with Crippen LogP contribution in [0.15, 0.2) is 53.0 Å². The second-order valence-corrected chi connectivity index (χ2v) is 10.9. The van der Waals surface area contributed by atoms with Gasteiger partial charge in [0.2, 0.25) is 0 Å². The number of nitrogens with zero attached hydrogens (tertiary/aromatic N) is 5. The molecule has 0 saturated carbocycles. The first-order valence-electron chi connectivity index (χ1n) is 13.1. The summed E-state index contributed by atoms with van der Waals surface area (Å²) < 4.78 is 1.96. The summed E-state index contributed by atoms with van der Waals surface area (Å²) in [6, 6.07) is 0.486. The molecule has 1 atom stereocenters. The molecule has 3 aliphatic heterocycles. The Hall–Kier alpha value is -2.18. The van der Waals surface area contributed by atoms with E-state index in [0.29, 0.717) is 17.4 Å². The molecule has 4 heterocycles. The van der Waals surface area contributed by atoms with Crippen LogP contribution in [0.2, 0.25) is 0 Å². The molecule has 1 aromatic rings. The molecule has 1 aromatic heterocycles. The lowest BCUT2D eigenvalue weighted by molar-refractivity contribution is -0.0452. The first kappa shape index (κ1) is 24.9. The van der Waals surface area contributed by atoms with Crippen molar-refractivity contribution in [2.24, 2.45) is 23.4 Å². The summed E-state index contributed by atoms with van der Waals surface area (Å²) >= 11 is 0. The van der Waals surface area contributed by atoms with Gasteiger partial charge >= 0.3 is 0 Å². The standard InChI is InChI=1S/C28H44N6/c1-7-22(5)15-25(21(3)4)27(30-8-2)33-14-11-28(18-33)19-34(20-28)26(23-9-12-29-13-10-23)24-16-31-32(6)17-24/h8,15-17,23,26,29H,2,7,9-14,18-20H2,1,3-6H3/b22-15+,30-27+. The predicted octanol–water partition coefficient (Wildman–Crippen LogP) is 4.70. The van der Waals surface area contributed by atoms with Crippen molar-refractivity contribution in [3.8, 4) is 0 Å². The van der Waals surface area contributed by atoms with Gasteiger partial charge in [0.05, 0.1) is 6.20 Å². The topological polar surface area (TPSA) is 48.7 Å². The number of allylic oxidation sites excluding steroid dienone is 2. The highest BCUT2D eigenvalue weighted by Crippen LogP contribution is 2.47. The molecule has 3 aliphatic rings. The Morgan fingerprint density at radius 1 is 1.26 bits per heavy atom. The first-order chi connectivity index (χ1) is 16.4. The van der Waals surface area contributed by atoms with Gasteiger partial charge in [-0.05, 0) is 65.5 Å². The van der Waals surface area contributed by atoms with Crippen LogP contribution in [0.25, 0.3) is 0 Å². The lowest BCUT2D eigenvalue weighted by Crippen LogP contribution is -2.60. The van der Waals surface area contributed by atoms with Gasteiger partial charge in [-0.3, -0.25) is 9.58 Å². The molecule has 0 radical (unpaired) electrons. The molecule has 1 spiro atoms. The van der Waals surface area contributed by atoms with E-state index in [0.717, 1.165) is 38.4 Å². The third kappa shape index (κ3) is 5.23. The normalized spacial score (nSPS) is 22.7. The van der Waals surface area contributed by atoms with Crippen molar-refractivity contribution in [3.05, 3.63) is 53.5 Å². The Morgan fingerprint density at radius 3 is 2.59 bits per heavy atom. The van der Waals surface area contributed by atoms with Crippen molar-refractivity contribution in [2.45, 2.75) is 59.4 Å². The number of likely N-dealkylation sites (tertiary alicyclic amines) is 2. The van der Waals surface area contributed by atoms with Gasteiger partial charge in [0.1, 0.15) is 5.84 Å². The monoisotopic (exact) mass is 464 g/mol. The maximum absolute atomic E-state index is 4.79. The van der Waals surface area contributed by atoms with E-state index in [1.54, 1.807) is 6.20 Å². The fraction of sp³-hybridized carbons (Fsp3) is 0.643. The molecular formula is C28H44N6. The summed E-state index contributed by atoms with van der Waals surface area (Å²) in [6.45, 7) is 19.5. The van der Waals surface area contributed by atoms with Crippen molar-refractivity contribution in [2.75, 3.05) is 39.3 Å². The second-order valence-electron chi connectivity index (χ2n) is 10.9. The molecule has 3 fully saturated rings. The van der Waals surface area contributed by atoms with Crippen molar-refractivity contribution >= 4 is 5.84 Å². The summed E-state index contributed by atoms with van der Waals surface area (Å²) in [5.41, 5.74) is 5.71. The molecule has 34 heavy (non-hydrogen) atoms. The molecule has 0 aromatic carbocycles. The lowest BCUT2D eigenvalue weighted by atomic mass is 9.75. The van der Waals surface area contributed by atoms with Crippen LogP contribution in [0, 0.1) is 11.3 Å². The molecular weight excluding hydrogens is 420 g/mol. The molecule has 0 amide bonds. The molecule has 0 aliphatic carbocycles. The van der Waals surface area contributed by atoms with Gasteiger partial charge in [-0.2, -0.15) is 5.10 Å². The van der Waals surface area contributed by atoms with Crippen LogP contribution >= 0.6 is 0 Å². The van der Waals surface area contributed by atoms with Crippen LogP contribution in [-0.4, -0.2) is 64.7 Å². The molecule has 1 N–H and O–H groups in total. The largest absolute Gasteiger partial charge is 0.355 e. The number of aliphatic imine (C=N–C) groups is 1. The number of hydrogen-bond acceptors (Lipinski definition) is 4. The summed E-state index contributed by atoms with van der Waals surface area (Å²) in [5, 5.41) is 8.06. The second kappa shape index (κ2) is 10.6. The highest BCUT2D eigenvalue weighted by molar-refractivity contribution is 6.02. The Labute approximate surface area is 206 Å². The third-order valence-corrected chi connectivity index (χ3v) is 8.05. The average Bonchev–Trinajstić information content (AvgIpc) is 3.43. The molecule has 6 heteroatoms. The minimum atomic E-state index is 0.367. The minimum absolute atomic E-state index is 0.367. The highest BCUT2D eigenvalue weighted by Gasteiger charge is 2.51. The summed E-state index contributed by atoms with van der Waals surface area (Å²) in [6.07, 6.45) is 13.2. The fourth-order valence-electron chi connectivity index (χ4n) is 6.11. The van der Waals surface area contributed by atoms with Gasteiger partial charge in [0, 0.05) is 68.2 Å². The number of piperidine rings is 1. The van der Waals surface area contributed by atoms with Crippen molar-refractivity contribution in [3.63, 3.8) is 0 Å². The number of aromatic nitrogens is 2. The quantitative estimate of drug-likeness (QED) is 0.361. The molecule has 3 saturated heterocycles. The molecule has 0 bridgehead atoms. The van der Waals surface area contributed by atoms with Crippen molar-refractivity contribution in [1.82, 2.24) is 24.9 Å². The SMILES string of the molecule is C=C/N=C(\C(/C=C(\C)CC)=C(C)C)N1CCC2(C1)CN(C(c1cnn(C)c1)C1CCNCC1)C2. The highest BCUT2D eigenvalue weighted by atomic mass is 15.3. The van der Waals surface area contributed by atoms with E-state index in [-0.39, 0.29) is 0 Å². The molecule has 6 nitrogen and oxygen atoms in total. The average molecular weight is 465 g/mol. The fourth-order valence-corrected chi connectivity index (χ4v) is 6.11. The van der Waals surface area contributed by atoms with E-state index in [9.17, 15) is 0 Å². The van der Waals surface area contributed by atoms with Gasteiger partial charge in [0.25, 0.3) is 0 Å². The van der Waals surface area contributed by atoms with Crippen LogP contribution in [0.1, 0.15) is 65.0 Å². The maximum atomic E-state index is 4.79. The van der Waals surface area contributed by atoms with Crippen molar-refractivity contribution < 1.29 is 0 Å². The van der Waals surface area contributed by atoms with E-state index >= 15 is 0 Å². The zero-order valence-corrected chi connectivity index (χ0v) is 22.0. The van der Waals surface area contributed by atoms with E-state index in [2.05, 4.69) is 73.0 Å². The molecule has 1 unspecified atom stereocenters. The smallest absolute Gasteiger partial charge is 0.135 e. The summed E-state index contributed by atoms with van der Waals surface area (Å²) in [7, 11) is 2.03. The first-order valence-corrected chi connectivity index (χ1v) is 13.1. The number of rotatable bonds is 7. The zero-order chi connectivity index (χ0) is 24.3. The van der Waals surface area contributed by atoms with Crippen molar-refractivity contribution in [1.29, 1.82) is 0 Å². The van der Waals surface area contributed by atoms with E-state index in [1.165, 1.54) is 54.6 Å². The van der Waals surface area contributed by atoms with Gasteiger partial charge in [-0.25, -0.2) is 4.99 Å². The zero-order valence-electron chi connectivity index (χ0n) is 22.0. The van der Waals surface area contributed by atoms with Gasteiger partial charge in [-0.1, -0.05) is 30.7 Å². The van der Waals surface area contributed by atoms with Crippen LogP contribution < -0.4 is 5.32 Å². The van der Waals surface area contributed by atoms with E-state index in [1.807, 2.05) is 11.7 Å². The van der Waals surface area contributed by atoms with Crippen LogP contribution in [0.3, 0.4) is 0 Å². The Balaban J connectivity index is 1.50. The van der Waals surface area contributed by atoms with E-state index < -0.39 is 0 Å². The van der Waals surface area contributed by atoms with Gasteiger partial charge < -0.3 is 10.2 Å². The Morgan fingerprint density at radius 2 is 2.00 bits per heavy atom. The van der Waals surface area contributed by atoms with Crippen LogP contribution in [0.5, 0.6) is 0 Å². The maximum Gasteiger partial charge on any atom is 0.135 e. The number of hydrogen-bond donors (Lipinski definition) is 1. The summed E-state index contributed by atoms with van der Waals surface area (Å²) in [5.74, 6) is 1.80. The minimum Gasteiger partial charge on any atom is -0.355 e. The number of nitrogens with one attached hydrogen (secondary N) is 1. The summed E-state index contributed by atoms with van der Waals surface area (Å²) in [4.78, 5) is 10.0. The Kier molecular flexibility index (Phi) is 7.78. The van der Waals surface area contributed by atoms with Crippen LogP contribution in [-0.2, 0) is 7.05 Å². The van der Waals surface area contributed by atoms with Crippen LogP contribution in [0.4, 0.5) is 0 Å². The third-order valence-electron chi connectivity index (χ3n) is 8.05. The lowest BCUT2D eigenvalue weighted by Gasteiger charge is -2.53. The van der Waals surface area contributed by atoms with Gasteiger partial charge in [-0.15, -0.1) is 0 Å². The molecule has 186 valence electrons. The Bertz CT molecular complexity index is 951. The number of aryl methyl sites for hydroxylation is 1. The van der Waals surface area contributed by atoms with E-state index in [4.69, 9.17) is 4.99 Å². The molecule has 4 rings (SSSR count). The predicted molar refractivity (Wildman–Crippen MR) is 142 cm³/mol.